The number of hydrogen-bond donors (Lipinski definition) is 0. The minimum atomic E-state index is -5.34. The van der Waals surface area contributed by atoms with E-state index in [2.05, 4.69) is 0 Å². The van der Waals surface area contributed by atoms with Crippen molar-refractivity contribution in [3.63, 3.8) is 0 Å². The van der Waals surface area contributed by atoms with Gasteiger partial charge in [-0.2, -0.15) is 0 Å². The molecule has 0 aliphatic carbocycles. The summed E-state index contributed by atoms with van der Waals surface area (Å²) in [5.41, 5.74) is 0. The maximum absolute atomic E-state index is 9.11. The van der Waals surface area contributed by atoms with E-state index >= 15 is 0 Å². The molecule has 0 rings (SSSR count). The van der Waals surface area contributed by atoms with Crippen LogP contribution in [0.1, 0.15) is 0 Å². The van der Waals surface area contributed by atoms with Crippen molar-refractivity contribution in [2.75, 3.05) is 0 Å². The summed E-state index contributed by atoms with van der Waals surface area (Å²) in [6, 6.07) is 0. The molecule has 0 heterocycles. The Hall–Kier alpha value is 2.03. The minimum absolute atomic E-state index is 0. The molecule has 0 bridgehead atoms. The summed E-state index contributed by atoms with van der Waals surface area (Å²) in [6.07, 6.45) is 0. The average molecular weight is 562 g/mol. The molecule has 0 aromatic rings. The number of hydrogen-bond acceptors (Lipinski definition) is 2. The summed E-state index contributed by atoms with van der Waals surface area (Å²) in [5.74, 6) is 0. The molecule has 7 heteroatoms. The fourth-order valence-corrected chi connectivity index (χ4v) is 0. The van der Waals surface area contributed by atoms with Crippen molar-refractivity contribution < 1.29 is 35.1 Å². The van der Waals surface area contributed by atoms with Gasteiger partial charge in [-0.25, -0.2) is 0 Å². The maximum atomic E-state index is 9.11. The standard InChI is InChI=1S/2HI.2H2O.2O.U/h2*1H;2*1H2;;;/q;;;;;;+2. The third kappa shape index (κ3) is 70.8. The Morgan fingerprint density at radius 1 is 1.00 bits per heavy atom. The first-order chi connectivity index (χ1) is 2.00. The summed E-state index contributed by atoms with van der Waals surface area (Å²) < 4.78 is 29.7. The second kappa shape index (κ2) is 6.16. The molecule has 0 saturated heterocycles. The summed E-state index contributed by atoms with van der Waals surface area (Å²) in [6.45, 7) is 0. The zero-order valence-corrected chi connectivity index (χ0v) is 12.0. The number of halogens is 2. The molecular formula is H6I2O4U+2. The Morgan fingerprint density at radius 2 is 1.00 bits per heavy atom. The van der Waals surface area contributed by atoms with Crippen LogP contribution in [0, 0.1) is 25.4 Å². The molecule has 0 amide bonds. The van der Waals surface area contributed by atoms with E-state index in [1.165, 1.54) is 0 Å². The van der Waals surface area contributed by atoms with E-state index in [-0.39, 0.29) is 48.0 Å². The Balaban J connectivity index is -0.0000000800. The normalized spacial score (nSPS) is 8.29. The van der Waals surface area contributed by atoms with Crippen molar-refractivity contribution in [3.05, 3.63) is 0 Å². The zero-order chi connectivity index (χ0) is 4.50. The van der Waals surface area contributed by atoms with Crippen LogP contribution in [0.3, 0.4) is 0 Å². The van der Waals surface area contributed by atoms with E-state index in [9.17, 15) is 0 Å². The van der Waals surface area contributed by atoms with Gasteiger partial charge in [-0.1, -0.05) is 0 Å². The molecule has 0 aliphatic heterocycles. The zero-order valence-electron chi connectivity index (χ0n) is 3.13. The number of rotatable bonds is 0. The molecule has 7 heavy (non-hydrogen) atoms. The molecular weight excluding hydrogens is 556 g/mol. The Labute approximate surface area is 81.6 Å². The fraction of sp³-hybridized carbons (Fsp3) is 0. The van der Waals surface area contributed by atoms with Crippen molar-refractivity contribution >= 4 is 48.0 Å². The Morgan fingerprint density at radius 3 is 1.00 bits per heavy atom. The summed E-state index contributed by atoms with van der Waals surface area (Å²) >= 11 is -5.34. The van der Waals surface area contributed by atoms with E-state index in [0.29, 0.717) is 0 Å². The van der Waals surface area contributed by atoms with Crippen LogP contribution in [0.4, 0.5) is 0 Å². The summed E-state index contributed by atoms with van der Waals surface area (Å²) in [5, 5.41) is 0. The predicted octanol–water partition coefficient (Wildman–Crippen LogP) is -0.651. The van der Waals surface area contributed by atoms with Gasteiger partial charge in [0.25, 0.3) is 0 Å². The molecule has 0 atom stereocenters. The van der Waals surface area contributed by atoms with Gasteiger partial charge < -0.3 is 0 Å². The monoisotopic (exact) mass is 562 g/mol. The fourth-order valence-electron chi connectivity index (χ4n) is 0. The van der Waals surface area contributed by atoms with Gasteiger partial charge in [0.1, 0.15) is 0 Å². The SMILES string of the molecule is I.I.[O]=[U](=[O])([OH2+])[OH2+]. The first-order valence-electron chi connectivity index (χ1n) is 0.908. The van der Waals surface area contributed by atoms with Gasteiger partial charge in [0.15, 0.2) is 0 Å². The Kier molecular flexibility index (Phi) is 14.1. The van der Waals surface area contributed by atoms with E-state index in [1.54, 1.807) is 0 Å². The van der Waals surface area contributed by atoms with Crippen LogP contribution >= 0.6 is 48.0 Å². The molecule has 0 aliphatic rings. The van der Waals surface area contributed by atoms with Crippen LogP contribution in [-0.2, 0) is 4.47 Å². The molecule has 0 fully saturated rings. The van der Waals surface area contributed by atoms with Gasteiger partial charge in [-0.05, 0) is 0 Å². The molecule has 0 aromatic heterocycles. The molecule has 0 saturated carbocycles. The molecule has 4 nitrogen and oxygen atoms in total. The molecule has 0 unspecified atom stereocenters. The third-order valence-electron chi connectivity index (χ3n) is 0. The molecule has 0 aromatic carbocycles. The average Bonchev–Trinajstić information content (AvgIpc) is 0.722. The first kappa shape index (κ1) is 16.0. The van der Waals surface area contributed by atoms with Gasteiger partial charge in [0, 0.05) is 0 Å². The third-order valence-corrected chi connectivity index (χ3v) is 0. The second-order valence-corrected chi connectivity index (χ2v) is 5.75. The van der Waals surface area contributed by atoms with Crippen molar-refractivity contribution in [1.82, 2.24) is 0 Å². The molecule has 0 spiro atoms. The quantitative estimate of drug-likeness (QED) is 0.291. The van der Waals surface area contributed by atoms with E-state index in [0.717, 1.165) is 0 Å². The van der Waals surface area contributed by atoms with Gasteiger partial charge in [0.2, 0.25) is 0 Å². The first-order valence-corrected chi connectivity index (χ1v) is 8.47. The van der Waals surface area contributed by atoms with E-state index in [1.807, 2.05) is 0 Å². The Bertz CT molecular complexity index is 92.9. The topological polar surface area (TPSA) is 79.9 Å². The second-order valence-electron chi connectivity index (χ2n) is 0.617. The van der Waals surface area contributed by atoms with Gasteiger partial charge in [-0.3, -0.25) is 0 Å². The van der Waals surface area contributed by atoms with Crippen LogP contribution in [0.5, 0.6) is 0 Å². The van der Waals surface area contributed by atoms with Gasteiger partial charge in [-0.15, -0.1) is 48.0 Å². The van der Waals surface area contributed by atoms with Gasteiger partial charge >= 0.3 is 35.1 Å². The van der Waals surface area contributed by atoms with E-state index in [4.69, 9.17) is 9.69 Å². The molecule has 0 radical (unpaired) electrons. The van der Waals surface area contributed by atoms with Gasteiger partial charge in [0.05, 0.1) is 0 Å². The van der Waals surface area contributed by atoms with Crippen molar-refractivity contribution in [3.8, 4) is 0 Å². The molecule has 46 valence electrons. The van der Waals surface area contributed by atoms with Crippen molar-refractivity contribution in [2.45, 2.75) is 0 Å². The van der Waals surface area contributed by atoms with Crippen LogP contribution < -0.4 is 0 Å². The summed E-state index contributed by atoms with van der Waals surface area (Å²) in [4.78, 5) is 0. The van der Waals surface area contributed by atoms with Crippen molar-refractivity contribution in [1.29, 1.82) is 0 Å². The van der Waals surface area contributed by atoms with E-state index < -0.39 is 25.4 Å². The van der Waals surface area contributed by atoms with Crippen LogP contribution in [0.25, 0.3) is 0 Å². The summed E-state index contributed by atoms with van der Waals surface area (Å²) in [7, 11) is 0. The van der Waals surface area contributed by atoms with Crippen LogP contribution in [0.2, 0.25) is 0 Å². The van der Waals surface area contributed by atoms with Crippen LogP contribution in [0.15, 0.2) is 0 Å². The predicted molar refractivity (Wildman–Crippen MR) is 39.4 cm³/mol. The molecule has 4 N–H and O–H groups in total. The van der Waals surface area contributed by atoms with Crippen molar-refractivity contribution in [2.24, 2.45) is 0 Å². The van der Waals surface area contributed by atoms with Crippen LogP contribution in [-0.4, -0.2) is 5.22 Å².